The molecule has 0 spiro atoms. The molecule has 0 bridgehead atoms. The summed E-state index contributed by atoms with van der Waals surface area (Å²) < 4.78 is 1.74. The van der Waals surface area contributed by atoms with Crippen LogP contribution in [0.1, 0.15) is 44.9 Å². The van der Waals surface area contributed by atoms with Crippen LogP contribution < -0.4 is 0 Å². The first-order chi connectivity index (χ1) is 8.01. The van der Waals surface area contributed by atoms with Gasteiger partial charge in [-0.15, -0.1) is 0 Å². The molecule has 4 heteroatoms. The predicted molar refractivity (Wildman–Crippen MR) is 67.7 cm³/mol. The van der Waals surface area contributed by atoms with E-state index in [1.165, 1.54) is 19.3 Å². The normalized spacial score (nSPS) is 20.5. The Kier molecular flexibility index (Phi) is 3.54. The second-order valence-corrected chi connectivity index (χ2v) is 5.52. The molecule has 0 amide bonds. The van der Waals surface area contributed by atoms with Crippen LogP contribution in [0.3, 0.4) is 0 Å². The van der Waals surface area contributed by atoms with Crippen LogP contribution in [0.25, 0.3) is 0 Å². The van der Waals surface area contributed by atoms with Gasteiger partial charge >= 0.3 is 0 Å². The van der Waals surface area contributed by atoms with Gasteiger partial charge in [0.25, 0.3) is 0 Å². The number of aryl methyl sites for hydroxylation is 1. The van der Waals surface area contributed by atoms with E-state index in [1.54, 1.807) is 4.68 Å². The molecule has 4 nitrogen and oxygen atoms in total. The smallest absolute Gasteiger partial charge is 0.116 e. The number of hydrogen-bond donors (Lipinski definition) is 1. The third kappa shape index (κ3) is 2.53. The first-order valence-corrected chi connectivity index (χ1v) is 6.44. The van der Waals surface area contributed by atoms with E-state index in [-0.39, 0.29) is 5.54 Å². The van der Waals surface area contributed by atoms with Crippen molar-refractivity contribution in [2.24, 2.45) is 7.05 Å². The highest BCUT2D eigenvalue weighted by Crippen LogP contribution is 2.32. The van der Waals surface area contributed by atoms with Crippen molar-refractivity contribution < 1.29 is 5.11 Å². The summed E-state index contributed by atoms with van der Waals surface area (Å²) in [5.41, 5.74) is 0.525. The second kappa shape index (κ2) is 4.78. The molecule has 1 atom stereocenters. The van der Waals surface area contributed by atoms with E-state index in [0.29, 0.717) is 0 Å². The average Bonchev–Trinajstić information content (AvgIpc) is 2.76. The van der Waals surface area contributed by atoms with Crippen LogP contribution in [0, 0.1) is 0 Å². The van der Waals surface area contributed by atoms with Crippen LogP contribution in [0.5, 0.6) is 0 Å². The maximum Gasteiger partial charge on any atom is 0.116 e. The molecule has 1 N–H and O–H groups in total. The van der Waals surface area contributed by atoms with Crippen molar-refractivity contribution >= 4 is 0 Å². The zero-order chi connectivity index (χ0) is 12.5. The number of piperidine rings is 1. The van der Waals surface area contributed by atoms with Crippen molar-refractivity contribution in [3.8, 4) is 0 Å². The van der Waals surface area contributed by atoms with Crippen LogP contribution in [0.4, 0.5) is 0 Å². The Labute approximate surface area is 103 Å². The van der Waals surface area contributed by atoms with Gasteiger partial charge in [-0.05, 0) is 45.8 Å². The first kappa shape index (κ1) is 12.6. The van der Waals surface area contributed by atoms with Crippen molar-refractivity contribution in [3.05, 3.63) is 18.0 Å². The highest BCUT2D eigenvalue weighted by molar-refractivity contribution is 5.09. The monoisotopic (exact) mass is 237 g/mol. The fourth-order valence-electron chi connectivity index (χ4n) is 2.58. The van der Waals surface area contributed by atoms with Crippen molar-refractivity contribution in [1.82, 2.24) is 14.7 Å². The van der Waals surface area contributed by atoms with Crippen molar-refractivity contribution in [2.75, 3.05) is 13.1 Å². The van der Waals surface area contributed by atoms with E-state index >= 15 is 0 Å². The molecule has 17 heavy (non-hydrogen) atoms. The van der Waals surface area contributed by atoms with Gasteiger partial charge in [-0.2, -0.15) is 5.10 Å². The summed E-state index contributed by atoms with van der Waals surface area (Å²) in [5.74, 6) is 0. The lowest BCUT2D eigenvalue weighted by Gasteiger charge is -2.43. The topological polar surface area (TPSA) is 41.3 Å². The summed E-state index contributed by atoms with van der Waals surface area (Å²) in [5, 5.41) is 14.8. The summed E-state index contributed by atoms with van der Waals surface area (Å²) in [6.45, 7) is 6.38. The number of nitrogens with zero attached hydrogens (tertiary/aromatic N) is 3. The lowest BCUT2D eigenvalue weighted by atomic mass is 9.90. The summed E-state index contributed by atoms with van der Waals surface area (Å²) in [7, 11) is 1.88. The summed E-state index contributed by atoms with van der Waals surface area (Å²) in [4.78, 5) is 2.38. The van der Waals surface area contributed by atoms with Crippen LogP contribution >= 0.6 is 0 Å². The van der Waals surface area contributed by atoms with Crippen LogP contribution in [-0.2, 0) is 7.05 Å². The van der Waals surface area contributed by atoms with Gasteiger partial charge in [-0.1, -0.05) is 6.42 Å². The average molecular weight is 237 g/mol. The third-order valence-electron chi connectivity index (χ3n) is 3.85. The summed E-state index contributed by atoms with van der Waals surface area (Å²) in [6.07, 6.45) is 5.13. The molecule has 0 aliphatic carbocycles. The molecule has 2 rings (SSSR count). The minimum Gasteiger partial charge on any atom is -0.385 e. The van der Waals surface area contributed by atoms with E-state index in [9.17, 15) is 5.11 Å². The van der Waals surface area contributed by atoms with E-state index in [2.05, 4.69) is 23.8 Å². The maximum atomic E-state index is 10.5. The SMILES string of the molecule is Cn1ccc(C(O)C(C)(C)N2CCCCC2)n1. The van der Waals surface area contributed by atoms with Gasteiger partial charge in [0.2, 0.25) is 0 Å². The number of aliphatic hydroxyl groups excluding tert-OH is 1. The lowest BCUT2D eigenvalue weighted by molar-refractivity contribution is -0.0232. The zero-order valence-corrected chi connectivity index (χ0v) is 11.1. The fraction of sp³-hybridized carbons (Fsp3) is 0.769. The molecule has 1 aromatic heterocycles. The van der Waals surface area contributed by atoms with Gasteiger partial charge in [0.15, 0.2) is 0 Å². The fourth-order valence-corrected chi connectivity index (χ4v) is 2.58. The molecule has 1 fully saturated rings. The minimum atomic E-state index is -0.526. The summed E-state index contributed by atoms with van der Waals surface area (Å²) in [6, 6.07) is 1.90. The second-order valence-electron chi connectivity index (χ2n) is 5.52. The number of aliphatic hydroxyl groups is 1. The van der Waals surface area contributed by atoms with Crippen molar-refractivity contribution in [3.63, 3.8) is 0 Å². The van der Waals surface area contributed by atoms with Gasteiger partial charge in [0.1, 0.15) is 6.10 Å². The van der Waals surface area contributed by atoms with E-state index in [0.717, 1.165) is 18.8 Å². The minimum absolute atomic E-state index is 0.241. The Hall–Kier alpha value is -0.870. The number of likely N-dealkylation sites (tertiary alicyclic amines) is 1. The van der Waals surface area contributed by atoms with Crippen LogP contribution in [0.15, 0.2) is 12.3 Å². The standard InChI is InChI=1S/C13H23N3O/c1-13(2,16-8-5-4-6-9-16)12(17)11-7-10-15(3)14-11/h7,10,12,17H,4-6,8-9H2,1-3H3. The Morgan fingerprint density at radius 1 is 1.29 bits per heavy atom. The van der Waals surface area contributed by atoms with Crippen LogP contribution in [0.2, 0.25) is 0 Å². The van der Waals surface area contributed by atoms with Gasteiger partial charge in [0.05, 0.1) is 5.69 Å². The molecule has 0 saturated carbocycles. The van der Waals surface area contributed by atoms with Gasteiger partial charge in [-0.3, -0.25) is 9.58 Å². The highest BCUT2D eigenvalue weighted by atomic mass is 16.3. The van der Waals surface area contributed by atoms with Gasteiger partial charge < -0.3 is 5.11 Å². The molecule has 1 aliphatic heterocycles. The molecule has 1 saturated heterocycles. The van der Waals surface area contributed by atoms with Gasteiger partial charge in [0, 0.05) is 18.8 Å². The largest absolute Gasteiger partial charge is 0.385 e. The first-order valence-electron chi connectivity index (χ1n) is 6.44. The van der Waals surface area contributed by atoms with E-state index in [1.807, 2.05) is 19.3 Å². The predicted octanol–water partition coefficient (Wildman–Crippen LogP) is 1.72. The Morgan fingerprint density at radius 2 is 1.94 bits per heavy atom. The third-order valence-corrected chi connectivity index (χ3v) is 3.85. The van der Waals surface area contributed by atoms with Crippen molar-refractivity contribution in [1.29, 1.82) is 0 Å². The molecule has 2 heterocycles. The zero-order valence-electron chi connectivity index (χ0n) is 11.1. The van der Waals surface area contributed by atoms with Crippen molar-refractivity contribution in [2.45, 2.75) is 44.8 Å². The summed E-state index contributed by atoms with van der Waals surface area (Å²) >= 11 is 0. The number of aromatic nitrogens is 2. The molecule has 1 aromatic rings. The Balaban J connectivity index is 2.13. The number of rotatable bonds is 3. The molecule has 1 unspecified atom stereocenters. The molecular formula is C13H23N3O. The van der Waals surface area contributed by atoms with Gasteiger partial charge in [-0.25, -0.2) is 0 Å². The number of hydrogen-bond acceptors (Lipinski definition) is 3. The van der Waals surface area contributed by atoms with E-state index < -0.39 is 6.10 Å². The Bertz CT molecular complexity index is 366. The lowest BCUT2D eigenvalue weighted by Crippen LogP contribution is -2.50. The van der Waals surface area contributed by atoms with E-state index in [4.69, 9.17) is 0 Å². The highest BCUT2D eigenvalue weighted by Gasteiger charge is 2.36. The molecule has 0 aromatic carbocycles. The van der Waals surface area contributed by atoms with Crippen LogP contribution in [-0.4, -0.2) is 38.4 Å². The molecule has 1 aliphatic rings. The quantitative estimate of drug-likeness (QED) is 0.870. The molecular weight excluding hydrogens is 214 g/mol. The molecule has 96 valence electrons. The molecule has 0 radical (unpaired) electrons. The maximum absolute atomic E-state index is 10.5. The Morgan fingerprint density at radius 3 is 2.47 bits per heavy atom.